The Morgan fingerprint density at radius 2 is 2.08 bits per heavy atom. The molecule has 6 heteroatoms. The van der Waals surface area contributed by atoms with E-state index >= 15 is 0 Å². The summed E-state index contributed by atoms with van der Waals surface area (Å²) < 4.78 is 17.5. The number of hydrogen-bond acceptors (Lipinski definition) is 5. The van der Waals surface area contributed by atoms with Gasteiger partial charge in [-0.05, 0) is 45.2 Å². The van der Waals surface area contributed by atoms with Crippen molar-refractivity contribution in [1.82, 2.24) is 10.2 Å². The largest absolute Gasteiger partial charge is 0.490 e. The number of furan rings is 1. The summed E-state index contributed by atoms with van der Waals surface area (Å²) in [6.45, 7) is 9.51. The van der Waals surface area contributed by atoms with Gasteiger partial charge in [0.1, 0.15) is 0 Å². The van der Waals surface area contributed by atoms with Gasteiger partial charge in [0.2, 0.25) is 5.75 Å². The van der Waals surface area contributed by atoms with Crippen LogP contribution in [0, 0.1) is 12.8 Å². The highest BCUT2D eigenvalue weighted by Crippen LogP contribution is 2.40. The van der Waals surface area contributed by atoms with Crippen LogP contribution < -0.4 is 14.8 Å². The van der Waals surface area contributed by atoms with Crippen molar-refractivity contribution in [2.24, 2.45) is 5.92 Å². The van der Waals surface area contributed by atoms with Gasteiger partial charge in [0.05, 0.1) is 13.2 Å². The number of likely N-dealkylation sites (tertiary alicyclic amines) is 1. The molecule has 0 bridgehead atoms. The minimum absolute atomic E-state index is 0.0182. The number of ether oxygens (including phenoxy) is 2. The van der Waals surface area contributed by atoms with Gasteiger partial charge in [0.25, 0.3) is 5.91 Å². The normalized spacial score (nSPS) is 22.0. The van der Waals surface area contributed by atoms with E-state index in [1.807, 2.05) is 37.8 Å². The number of nitrogens with one attached hydrogen (secondary N) is 1. The Morgan fingerprint density at radius 3 is 2.85 bits per heavy atom. The lowest BCUT2D eigenvalue weighted by atomic mass is 10.0. The molecule has 1 N–H and O–H groups in total. The highest BCUT2D eigenvalue weighted by atomic mass is 16.5. The van der Waals surface area contributed by atoms with Gasteiger partial charge in [0, 0.05) is 36.6 Å². The summed E-state index contributed by atoms with van der Waals surface area (Å²) in [4.78, 5) is 15.2. The first-order valence-corrected chi connectivity index (χ1v) is 9.49. The number of amides is 1. The lowest BCUT2D eigenvalue weighted by Gasteiger charge is -2.22. The lowest BCUT2D eigenvalue weighted by molar-refractivity contribution is 0.0706. The van der Waals surface area contributed by atoms with Crippen LogP contribution in [0.15, 0.2) is 16.5 Å². The molecule has 1 aromatic heterocycles. The molecule has 0 radical (unpaired) electrons. The average molecular weight is 358 g/mol. The zero-order chi connectivity index (χ0) is 18.3. The highest BCUT2D eigenvalue weighted by molar-refractivity contribution is 6.01. The number of fused-ring (bicyclic) bond motifs is 2. The Hall–Kier alpha value is -2.21. The molecule has 2 fully saturated rings. The zero-order valence-corrected chi connectivity index (χ0v) is 15.6. The maximum atomic E-state index is 13.2. The predicted octanol–water partition coefficient (Wildman–Crippen LogP) is 2.97. The molecular formula is C20H26N2O4. The van der Waals surface area contributed by atoms with Gasteiger partial charge in [-0.25, -0.2) is 0 Å². The number of aryl methyl sites for hydroxylation is 1. The average Bonchev–Trinajstić information content (AvgIpc) is 3.31. The molecule has 6 nitrogen and oxygen atoms in total. The van der Waals surface area contributed by atoms with E-state index in [9.17, 15) is 4.79 Å². The first-order chi connectivity index (χ1) is 12.7. The third kappa shape index (κ3) is 2.63. The van der Waals surface area contributed by atoms with Gasteiger partial charge in [-0.3, -0.25) is 4.79 Å². The Balaban J connectivity index is 1.75. The van der Waals surface area contributed by atoms with E-state index in [1.54, 1.807) is 0 Å². The van der Waals surface area contributed by atoms with Crippen molar-refractivity contribution < 1.29 is 18.7 Å². The predicted molar refractivity (Wildman–Crippen MR) is 99.1 cm³/mol. The van der Waals surface area contributed by atoms with Crippen molar-refractivity contribution in [2.75, 3.05) is 32.8 Å². The summed E-state index contributed by atoms with van der Waals surface area (Å²) in [5, 5.41) is 4.29. The Bertz CT molecular complexity index is 829. The second kappa shape index (κ2) is 6.83. The molecule has 1 amide bonds. The first kappa shape index (κ1) is 17.2. The quantitative estimate of drug-likeness (QED) is 0.890. The molecular weight excluding hydrogens is 332 g/mol. The van der Waals surface area contributed by atoms with Crippen molar-refractivity contribution >= 4 is 16.9 Å². The Labute approximate surface area is 153 Å². The van der Waals surface area contributed by atoms with Crippen LogP contribution in [0.4, 0.5) is 0 Å². The van der Waals surface area contributed by atoms with Crippen molar-refractivity contribution in [1.29, 1.82) is 0 Å². The summed E-state index contributed by atoms with van der Waals surface area (Å²) in [5.74, 6) is 2.19. The standard InChI is InChI=1S/C20H26N2O4/c1-4-24-16-7-6-14-12(3)17(26-18(14)19(16)25-5-2)20(23)22-9-8-13-10-21-11-15(13)22/h6-7,13,15,21H,4-5,8-11H2,1-3H3/t13-,15+/m0/s1. The highest BCUT2D eigenvalue weighted by Gasteiger charge is 2.41. The Morgan fingerprint density at radius 1 is 1.27 bits per heavy atom. The summed E-state index contributed by atoms with van der Waals surface area (Å²) in [7, 11) is 0. The van der Waals surface area contributed by atoms with Crippen LogP contribution in [0.2, 0.25) is 0 Å². The minimum Gasteiger partial charge on any atom is -0.490 e. The molecule has 2 aliphatic rings. The van der Waals surface area contributed by atoms with Gasteiger partial charge in [0.15, 0.2) is 17.1 Å². The van der Waals surface area contributed by atoms with E-state index in [0.29, 0.717) is 42.0 Å². The third-order valence-electron chi connectivity index (χ3n) is 5.51. The van der Waals surface area contributed by atoms with Crippen LogP contribution >= 0.6 is 0 Å². The van der Waals surface area contributed by atoms with Gasteiger partial charge in [-0.2, -0.15) is 0 Å². The summed E-state index contributed by atoms with van der Waals surface area (Å²) in [6.07, 6.45) is 1.06. The second-order valence-electron chi connectivity index (χ2n) is 6.96. The van der Waals surface area contributed by atoms with Crippen molar-refractivity contribution in [3.63, 3.8) is 0 Å². The van der Waals surface area contributed by atoms with E-state index in [0.717, 1.165) is 37.0 Å². The monoisotopic (exact) mass is 358 g/mol. The second-order valence-corrected chi connectivity index (χ2v) is 6.96. The lowest BCUT2D eigenvalue weighted by Crippen LogP contribution is -2.39. The summed E-state index contributed by atoms with van der Waals surface area (Å²) >= 11 is 0. The molecule has 2 atom stereocenters. The number of rotatable bonds is 5. The Kier molecular flexibility index (Phi) is 4.53. The fraction of sp³-hybridized carbons (Fsp3) is 0.550. The van der Waals surface area contributed by atoms with Crippen LogP contribution in [0.3, 0.4) is 0 Å². The van der Waals surface area contributed by atoms with Crippen molar-refractivity contribution in [3.8, 4) is 11.5 Å². The number of nitrogens with zero attached hydrogens (tertiary/aromatic N) is 1. The van der Waals surface area contributed by atoms with Gasteiger partial charge >= 0.3 is 0 Å². The number of carbonyl (C=O) groups is 1. The minimum atomic E-state index is -0.0182. The molecule has 2 aliphatic heterocycles. The van der Waals surface area contributed by atoms with E-state index in [2.05, 4.69) is 5.32 Å². The van der Waals surface area contributed by atoms with Gasteiger partial charge in [-0.1, -0.05) is 0 Å². The number of carbonyl (C=O) groups excluding carboxylic acids is 1. The fourth-order valence-electron chi connectivity index (χ4n) is 4.23. The van der Waals surface area contributed by atoms with E-state index < -0.39 is 0 Å². The summed E-state index contributed by atoms with van der Waals surface area (Å²) in [5.41, 5.74) is 1.46. The molecule has 140 valence electrons. The SMILES string of the molecule is CCOc1ccc2c(C)c(C(=O)N3CC[C@H]4CNC[C@H]43)oc2c1OCC. The van der Waals surface area contributed by atoms with Crippen molar-refractivity contribution in [3.05, 3.63) is 23.5 Å². The van der Waals surface area contributed by atoms with Crippen LogP contribution in [0.25, 0.3) is 11.0 Å². The van der Waals surface area contributed by atoms with Crippen LogP contribution in [0.1, 0.15) is 36.4 Å². The summed E-state index contributed by atoms with van der Waals surface area (Å²) in [6, 6.07) is 4.11. The first-order valence-electron chi connectivity index (χ1n) is 9.49. The van der Waals surface area contributed by atoms with Crippen LogP contribution in [0.5, 0.6) is 11.5 Å². The molecule has 0 aliphatic carbocycles. The smallest absolute Gasteiger partial charge is 0.290 e. The maximum Gasteiger partial charge on any atom is 0.290 e. The van der Waals surface area contributed by atoms with E-state index in [1.165, 1.54) is 0 Å². The molecule has 4 rings (SSSR count). The van der Waals surface area contributed by atoms with Crippen LogP contribution in [-0.2, 0) is 0 Å². The molecule has 2 saturated heterocycles. The molecule has 0 spiro atoms. The van der Waals surface area contributed by atoms with E-state index in [-0.39, 0.29) is 11.9 Å². The number of hydrogen-bond donors (Lipinski definition) is 1. The molecule has 1 aromatic carbocycles. The molecule has 0 unspecified atom stereocenters. The van der Waals surface area contributed by atoms with Gasteiger partial charge < -0.3 is 24.1 Å². The van der Waals surface area contributed by atoms with Gasteiger partial charge in [-0.15, -0.1) is 0 Å². The van der Waals surface area contributed by atoms with Crippen molar-refractivity contribution in [2.45, 2.75) is 33.2 Å². The maximum absolute atomic E-state index is 13.2. The van der Waals surface area contributed by atoms with Crippen LogP contribution in [-0.4, -0.2) is 49.7 Å². The molecule has 26 heavy (non-hydrogen) atoms. The fourth-order valence-corrected chi connectivity index (χ4v) is 4.23. The van der Waals surface area contributed by atoms with E-state index in [4.69, 9.17) is 13.9 Å². The molecule has 3 heterocycles. The zero-order valence-electron chi connectivity index (χ0n) is 15.6. The number of benzene rings is 1. The molecule has 0 saturated carbocycles. The topological polar surface area (TPSA) is 63.9 Å². The third-order valence-corrected chi connectivity index (χ3v) is 5.51. The molecule has 2 aromatic rings.